The van der Waals surface area contributed by atoms with E-state index >= 15 is 0 Å². The Morgan fingerprint density at radius 2 is 2.00 bits per heavy atom. The molecule has 0 unspecified atom stereocenters. The van der Waals surface area contributed by atoms with Gasteiger partial charge in [0.15, 0.2) is 0 Å². The molecule has 2 aromatic rings. The van der Waals surface area contributed by atoms with Gasteiger partial charge in [0.05, 0.1) is 30.5 Å². The van der Waals surface area contributed by atoms with Crippen molar-refractivity contribution < 1.29 is 9.47 Å². The lowest BCUT2D eigenvalue weighted by Gasteiger charge is -2.29. The Bertz CT molecular complexity index is 687. The molecule has 0 radical (unpaired) electrons. The van der Waals surface area contributed by atoms with E-state index in [1.807, 2.05) is 18.2 Å². The third-order valence-electron chi connectivity index (χ3n) is 4.17. The molecule has 0 atom stereocenters. The SMILES string of the molecule is CCCOc1cccc(CNc2ccc(N3CCOCC3)c(Cl)c2)c1. The summed E-state index contributed by atoms with van der Waals surface area (Å²) in [6.07, 6.45) is 1.01. The second-order valence-electron chi connectivity index (χ2n) is 6.12. The van der Waals surface area contributed by atoms with Crippen molar-refractivity contribution in [3.05, 3.63) is 53.1 Å². The van der Waals surface area contributed by atoms with Gasteiger partial charge in [-0.1, -0.05) is 30.7 Å². The van der Waals surface area contributed by atoms with E-state index in [4.69, 9.17) is 21.1 Å². The summed E-state index contributed by atoms with van der Waals surface area (Å²) in [6.45, 7) is 6.87. The van der Waals surface area contributed by atoms with Crippen molar-refractivity contribution in [3.8, 4) is 5.75 Å². The summed E-state index contributed by atoms with van der Waals surface area (Å²) in [5.74, 6) is 0.918. The summed E-state index contributed by atoms with van der Waals surface area (Å²) in [5, 5.41) is 4.20. The van der Waals surface area contributed by atoms with Gasteiger partial charge in [0.2, 0.25) is 0 Å². The van der Waals surface area contributed by atoms with E-state index in [0.717, 1.165) is 68.0 Å². The Labute approximate surface area is 154 Å². The molecule has 1 fully saturated rings. The molecule has 4 nitrogen and oxygen atoms in total. The first-order valence-corrected chi connectivity index (χ1v) is 9.22. The first kappa shape index (κ1) is 17.9. The maximum atomic E-state index is 6.48. The molecule has 0 amide bonds. The number of hydrogen-bond donors (Lipinski definition) is 1. The Kier molecular flexibility index (Phi) is 6.42. The van der Waals surface area contributed by atoms with E-state index in [9.17, 15) is 0 Å². The summed E-state index contributed by atoms with van der Waals surface area (Å²) in [6, 6.07) is 14.3. The third kappa shape index (κ3) is 5.03. The number of halogens is 1. The molecule has 1 aliphatic rings. The van der Waals surface area contributed by atoms with Crippen LogP contribution in [0, 0.1) is 0 Å². The number of benzene rings is 2. The molecule has 0 aliphatic carbocycles. The second-order valence-corrected chi connectivity index (χ2v) is 6.52. The number of ether oxygens (including phenoxy) is 2. The van der Waals surface area contributed by atoms with Crippen LogP contribution in [0.25, 0.3) is 0 Å². The number of morpholine rings is 1. The van der Waals surface area contributed by atoms with E-state index in [1.54, 1.807) is 0 Å². The molecule has 5 heteroatoms. The van der Waals surface area contributed by atoms with Crippen LogP contribution in [0.5, 0.6) is 5.75 Å². The zero-order valence-electron chi connectivity index (χ0n) is 14.6. The highest BCUT2D eigenvalue weighted by molar-refractivity contribution is 6.33. The molecule has 3 rings (SSSR count). The minimum Gasteiger partial charge on any atom is -0.494 e. The normalized spacial score (nSPS) is 14.4. The molecule has 1 heterocycles. The lowest BCUT2D eigenvalue weighted by molar-refractivity contribution is 0.122. The Hall–Kier alpha value is -1.91. The first-order valence-electron chi connectivity index (χ1n) is 8.84. The van der Waals surface area contributed by atoms with Crippen LogP contribution >= 0.6 is 11.6 Å². The third-order valence-corrected chi connectivity index (χ3v) is 4.47. The smallest absolute Gasteiger partial charge is 0.119 e. The quantitative estimate of drug-likeness (QED) is 0.783. The van der Waals surface area contributed by atoms with Crippen LogP contribution in [-0.4, -0.2) is 32.9 Å². The fourth-order valence-electron chi connectivity index (χ4n) is 2.85. The Morgan fingerprint density at radius 1 is 1.16 bits per heavy atom. The average molecular weight is 361 g/mol. The van der Waals surface area contributed by atoms with Crippen molar-refractivity contribution >= 4 is 23.0 Å². The predicted molar refractivity (Wildman–Crippen MR) is 104 cm³/mol. The largest absolute Gasteiger partial charge is 0.494 e. The standard InChI is InChI=1S/C20H25ClN2O2/c1-2-10-25-18-5-3-4-16(13-18)15-22-17-6-7-20(19(21)14-17)23-8-11-24-12-9-23/h3-7,13-14,22H,2,8-12,15H2,1H3. The van der Waals surface area contributed by atoms with Gasteiger partial charge in [-0.2, -0.15) is 0 Å². The van der Waals surface area contributed by atoms with E-state index in [2.05, 4.69) is 41.4 Å². The van der Waals surface area contributed by atoms with Crippen molar-refractivity contribution in [1.82, 2.24) is 0 Å². The van der Waals surface area contributed by atoms with Crippen molar-refractivity contribution in [1.29, 1.82) is 0 Å². The molecule has 0 bridgehead atoms. The minimum absolute atomic E-state index is 0.733. The van der Waals surface area contributed by atoms with Gasteiger partial charge < -0.3 is 19.7 Å². The summed E-state index contributed by atoms with van der Waals surface area (Å²) in [7, 11) is 0. The van der Waals surface area contributed by atoms with Crippen molar-refractivity contribution in [3.63, 3.8) is 0 Å². The van der Waals surface area contributed by atoms with Crippen LogP contribution in [0.1, 0.15) is 18.9 Å². The fraction of sp³-hybridized carbons (Fsp3) is 0.400. The molecule has 134 valence electrons. The summed E-state index contributed by atoms with van der Waals surface area (Å²) in [4.78, 5) is 2.27. The summed E-state index contributed by atoms with van der Waals surface area (Å²) >= 11 is 6.48. The first-order chi connectivity index (χ1) is 12.3. The van der Waals surface area contributed by atoms with Gasteiger partial charge in [-0.25, -0.2) is 0 Å². The van der Waals surface area contributed by atoms with E-state index < -0.39 is 0 Å². The van der Waals surface area contributed by atoms with Crippen LogP contribution < -0.4 is 15.0 Å². The molecule has 1 saturated heterocycles. The fourth-order valence-corrected chi connectivity index (χ4v) is 3.15. The van der Waals surface area contributed by atoms with Crippen molar-refractivity contribution in [2.75, 3.05) is 43.1 Å². The average Bonchev–Trinajstić information content (AvgIpc) is 2.66. The molecule has 0 aromatic heterocycles. The maximum Gasteiger partial charge on any atom is 0.119 e. The predicted octanol–water partition coefficient (Wildman–Crippen LogP) is 4.58. The van der Waals surface area contributed by atoms with Crippen molar-refractivity contribution in [2.24, 2.45) is 0 Å². The number of anilines is 2. The number of nitrogens with zero attached hydrogens (tertiary/aromatic N) is 1. The molecule has 25 heavy (non-hydrogen) atoms. The number of hydrogen-bond acceptors (Lipinski definition) is 4. The lowest BCUT2D eigenvalue weighted by atomic mass is 10.2. The lowest BCUT2D eigenvalue weighted by Crippen LogP contribution is -2.36. The molecule has 1 aliphatic heterocycles. The Morgan fingerprint density at radius 3 is 2.76 bits per heavy atom. The minimum atomic E-state index is 0.733. The Balaban J connectivity index is 1.60. The van der Waals surface area contributed by atoms with Gasteiger partial charge in [0.25, 0.3) is 0 Å². The van der Waals surface area contributed by atoms with Gasteiger partial charge in [-0.15, -0.1) is 0 Å². The summed E-state index contributed by atoms with van der Waals surface area (Å²) < 4.78 is 11.1. The van der Waals surface area contributed by atoms with Crippen LogP contribution in [0.3, 0.4) is 0 Å². The second kappa shape index (κ2) is 8.97. The number of rotatable bonds is 7. The zero-order valence-corrected chi connectivity index (χ0v) is 15.4. The van der Waals surface area contributed by atoms with Crippen molar-refractivity contribution in [2.45, 2.75) is 19.9 Å². The topological polar surface area (TPSA) is 33.7 Å². The van der Waals surface area contributed by atoms with Crippen LogP contribution in [0.2, 0.25) is 5.02 Å². The number of nitrogens with one attached hydrogen (secondary N) is 1. The maximum absolute atomic E-state index is 6.48. The summed E-state index contributed by atoms with van der Waals surface area (Å²) in [5.41, 5.74) is 3.27. The van der Waals surface area contributed by atoms with Crippen LogP contribution in [-0.2, 0) is 11.3 Å². The molecule has 1 N–H and O–H groups in total. The molecular weight excluding hydrogens is 336 g/mol. The van der Waals surface area contributed by atoms with E-state index in [-0.39, 0.29) is 0 Å². The van der Waals surface area contributed by atoms with Gasteiger partial charge in [0.1, 0.15) is 5.75 Å². The highest BCUT2D eigenvalue weighted by Gasteiger charge is 2.14. The molecule has 2 aromatic carbocycles. The van der Waals surface area contributed by atoms with E-state index in [1.165, 1.54) is 5.56 Å². The highest BCUT2D eigenvalue weighted by Crippen LogP contribution is 2.29. The highest BCUT2D eigenvalue weighted by atomic mass is 35.5. The molecule has 0 saturated carbocycles. The molecule has 0 spiro atoms. The van der Waals surface area contributed by atoms with Gasteiger partial charge in [-0.3, -0.25) is 0 Å². The molecular formula is C20H25ClN2O2. The zero-order chi connectivity index (χ0) is 17.5. The van der Waals surface area contributed by atoms with Gasteiger partial charge >= 0.3 is 0 Å². The van der Waals surface area contributed by atoms with Gasteiger partial charge in [0, 0.05) is 25.3 Å². The van der Waals surface area contributed by atoms with Crippen LogP contribution in [0.15, 0.2) is 42.5 Å². The monoisotopic (exact) mass is 360 g/mol. The van der Waals surface area contributed by atoms with Gasteiger partial charge in [-0.05, 0) is 42.3 Å². The van der Waals surface area contributed by atoms with Crippen LogP contribution in [0.4, 0.5) is 11.4 Å². The van der Waals surface area contributed by atoms with E-state index in [0.29, 0.717) is 0 Å².